The average Bonchev–Trinajstić information content (AvgIpc) is 2.84. The van der Waals surface area contributed by atoms with Crippen LogP contribution < -0.4 is 0 Å². The van der Waals surface area contributed by atoms with Crippen molar-refractivity contribution in [2.75, 3.05) is 12.3 Å². The van der Waals surface area contributed by atoms with Gasteiger partial charge < -0.3 is 5.11 Å². The average molecular weight is 287 g/mol. The van der Waals surface area contributed by atoms with Crippen molar-refractivity contribution in [3.63, 3.8) is 0 Å². The van der Waals surface area contributed by atoms with Crippen LogP contribution in [0.3, 0.4) is 0 Å². The van der Waals surface area contributed by atoms with Gasteiger partial charge in [-0.25, -0.2) is 13.2 Å². The summed E-state index contributed by atoms with van der Waals surface area (Å²) in [4.78, 5) is 11.3. The van der Waals surface area contributed by atoms with Gasteiger partial charge in [-0.05, 0) is 29.5 Å². The highest BCUT2D eigenvalue weighted by Crippen LogP contribution is 2.24. The van der Waals surface area contributed by atoms with E-state index in [0.717, 1.165) is 16.5 Å². The first kappa shape index (κ1) is 13.3. The number of thiophene rings is 1. The van der Waals surface area contributed by atoms with Crippen LogP contribution in [0.5, 0.6) is 0 Å². The van der Waals surface area contributed by atoms with Gasteiger partial charge >= 0.3 is 5.97 Å². The van der Waals surface area contributed by atoms with Crippen LogP contribution in [0.15, 0.2) is 17.5 Å². The maximum Gasteiger partial charge on any atom is 0.328 e. The largest absolute Gasteiger partial charge is 0.478 e. The fourth-order valence-electron chi connectivity index (χ4n) is 1.82. The van der Waals surface area contributed by atoms with Crippen molar-refractivity contribution >= 4 is 33.4 Å². The van der Waals surface area contributed by atoms with E-state index in [9.17, 15) is 13.2 Å². The molecular weight excluding hydrogens is 274 g/mol. The minimum atomic E-state index is -3.11. The highest BCUT2D eigenvalue weighted by molar-refractivity contribution is 7.89. The molecule has 2 heterocycles. The van der Waals surface area contributed by atoms with Crippen LogP contribution in [0.4, 0.5) is 0 Å². The first-order chi connectivity index (χ1) is 8.49. The molecule has 18 heavy (non-hydrogen) atoms. The Kier molecular flexibility index (Phi) is 3.84. The smallest absolute Gasteiger partial charge is 0.328 e. The van der Waals surface area contributed by atoms with Crippen LogP contribution in [0.2, 0.25) is 0 Å². The molecule has 0 saturated carbocycles. The monoisotopic (exact) mass is 287 g/mol. The molecule has 0 aliphatic carbocycles. The number of nitrogens with zero attached hydrogens (tertiary/aromatic N) is 1. The number of sulfonamides is 1. The molecule has 1 fully saturated rings. The van der Waals surface area contributed by atoms with Gasteiger partial charge in [-0.3, -0.25) is 0 Å². The Bertz CT molecular complexity index is 574. The van der Waals surface area contributed by atoms with E-state index < -0.39 is 16.0 Å². The van der Waals surface area contributed by atoms with E-state index in [-0.39, 0.29) is 5.75 Å². The Labute approximate surface area is 109 Å². The Morgan fingerprint density at radius 3 is 2.94 bits per heavy atom. The van der Waals surface area contributed by atoms with Gasteiger partial charge in [0, 0.05) is 24.0 Å². The van der Waals surface area contributed by atoms with Gasteiger partial charge in [0.25, 0.3) is 0 Å². The number of carboxylic acid groups (broad SMARTS) is 1. The van der Waals surface area contributed by atoms with E-state index in [2.05, 4.69) is 0 Å². The number of hydrogen-bond acceptors (Lipinski definition) is 4. The summed E-state index contributed by atoms with van der Waals surface area (Å²) in [6, 6.07) is 1.79. The molecule has 0 atom stereocenters. The van der Waals surface area contributed by atoms with Crippen LogP contribution in [-0.4, -0.2) is 36.1 Å². The third-order valence-electron chi connectivity index (χ3n) is 2.71. The molecule has 1 aromatic heterocycles. The van der Waals surface area contributed by atoms with Crippen molar-refractivity contribution in [2.45, 2.75) is 13.0 Å². The molecule has 0 aromatic carbocycles. The molecule has 1 aliphatic rings. The lowest BCUT2D eigenvalue weighted by Crippen LogP contribution is -2.24. The van der Waals surface area contributed by atoms with Crippen LogP contribution in [0.25, 0.3) is 6.08 Å². The molecule has 98 valence electrons. The van der Waals surface area contributed by atoms with Crippen molar-refractivity contribution < 1.29 is 18.3 Å². The molecular formula is C11H13NO4S2. The second-order valence-electron chi connectivity index (χ2n) is 3.97. The second-order valence-corrected chi connectivity index (χ2v) is 7.06. The van der Waals surface area contributed by atoms with Gasteiger partial charge in [0.2, 0.25) is 10.0 Å². The molecule has 0 bridgehead atoms. The number of aliphatic carboxylic acids is 1. The van der Waals surface area contributed by atoms with E-state index in [1.165, 1.54) is 21.7 Å². The van der Waals surface area contributed by atoms with Gasteiger partial charge in [-0.1, -0.05) is 0 Å². The molecule has 1 saturated heterocycles. The fraction of sp³-hybridized carbons (Fsp3) is 0.364. The Balaban J connectivity index is 2.15. The van der Waals surface area contributed by atoms with E-state index in [4.69, 9.17) is 5.11 Å². The number of hydrogen-bond donors (Lipinski definition) is 1. The van der Waals surface area contributed by atoms with E-state index in [1.54, 1.807) is 6.07 Å². The topological polar surface area (TPSA) is 74.7 Å². The maximum atomic E-state index is 11.7. The highest BCUT2D eigenvalue weighted by atomic mass is 32.2. The quantitative estimate of drug-likeness (QED) is 0.849. The van der Waals surface area contributed by atoms with Crippen LogP contribution in [-0.2, 0) is 21.4 Å². The zero-order valence-corrected chi connectivity index (χ0v) is 11.2. The lowest BCUT2D eigenvalue weighted by molar-refractivity contribution is -0.131. The zero-order chi connectivity index (χ0) is 13.2. The molecule has 1 aliphatic heterocycles. The first-order valence-corrected chi connectivity index (χ1v) is 7.93. The summed E-state index contributed by atoms with van der Waals surface area (Å²) in [6.45, 7) is 0.877. The molecule has 2 rings (SSSR count). The molecule has 1 aromatic rings. The summed E-state index contributed by atoms with van der Waals surface area (Å²) >= 11 is 1.44. The molecule has 0 spiro atoms. The first-order valence-electron chi connectivity index (χ1n) is 5.44. The second kappa shape index (κ2) is 5.21. The molecule has 5 nitrogen and oxygen atoms in total. The maximum absolute atomic E-state index is 11.7. The van der Waals surface area contributed by atoms with Crippen molar-refractivity contribution in [3.8, 4) is 0 Å². The van der Waals surface area contributed by atoms with Gasteiger partial charge in [0.15, 0.2) is 0 Å². The summed E-state index contributed by atoms with van der Waals surface area (Å²) in [7, 11) is -3.11. The van der Waals surface area contributed by atoms with Crippen molar-refractivity contribution in [1.29, 1.82) is 0 Å². The lowest BCUT2D eigenvalue weighted by atomic mass is 10.2. The third-order valence-corrected chi connectivity index (χ3v) is 5.53. The third kappa shape index (κ3) is 2.98. The predicted molar refractivity (Wildman–Crippen MR) is 69.8 cm³/mol. The fourth-order valence-corrected chi connectivity index (χ4v) is 4.27. The van der Waals surface area contributed by atoms with E-state index in [1.807, 2.05) is 5.38 Å². The minimum Gasteiger partial charge on any atom is -0.478 e. The standard InChI is InChI=1S/C11H13NO4S2/c13-11(14)3-2-9-4-6-17-10(9)8-12-5-1-7-18(12,15)16/h2-4,6H,1,5,7-8H2,(H,13,14)/b3-2+. The lowest BCUT2D eigenvalue weighted by Gasteiger charge is -2.13. The van der Waals surface area contributed by atoms with E-state index in [0.29, 0.717) is 19.5 Å². The Morgan fingerprint density at radius 1 is 1.56 bits per heavy atom. The number of carbonyl (C=O) groups is 1. The van der Waals surface area contributed by atoms with Crippen molar-refractivity contribution in [3.05, 3.63) is 28.0 Å². The number of rotatable bonds is 4. The Morgan fingerprint density at radius 2 is 2.33 bits per heavy atom. The van der Waals surface area contributed by atoms with Gasteiger partial charge in [0.05, 0.1) is 5.75 Å². The molecule has 1 N–H and O–H groups in total. The summed E-state index contributed by atoms with van der Waals surface area (Å²) in [5, 5.41) is 10.4. The summed E-state index contributed by atoms with van der Waals surface area (Å²) in [6.07, 6.45) is 3.22. The highest BCUT2D eigenvalue weighted by Gasteiger charge is 2.28. The zero-order valence-electron chi connectivity index (χ0n) is 9.57. The molecule has 0 radical (unpaired) electrons. The van der Waals surface area contributed by atoms with Crippen LogP contribution in [0.1, 0.15) is 16.9 Å². The molecule has 0 unspecified atom stereocenters. The van der Waals surface area contributed by atoms with Gasteiger partial charge in [0.1, 0.15) is 0 Å². The summed E-state index contributed by atoms with van der Waals surface area (Å²) in [5.74, 6) is -0.806. The number of carboxylic acids is 1. The Hall–Kier alpha value is -1.18. The summed E-state index contributed by atoms with van der Waals surface area (Å²) < 4.78 is 24.8. The molecule has 0 amide bonds. The summed E-state index contributed by atoms with van der Waals surface area (Å²) in [5.41, 5.74) is 0.768. The molecule has 7 heteroatoms. The van der Waals surface area contributed by atoms with Gasteiger partial charge in [-0.2, -0.15) is 4.31 Å². The normalized spacial score (nSPS) is 19.6. The van der Waals surface area contributed by atoms with Gasteiger partial charge in [-0.15, -0.1) is 11.3 Å². The van der Waals surface area contributed by atoms with Crippen molar-refractivity contribution in [1.82, 2.24) is 4.31 Å². The minimum absolute atomic E-state index is 0.207. The SMILES string of the molecule is O=C(O)/C=C/c1ccsc1CN1CCCS1(=O)=O. The van der Waals surface area contributed by atoms with Crippen LogP contribution >= 0.6 is 11.3 Å². The van der Waals surface area contributed by atoms with E-state index >= 15 is 0 Å². The van der Waals surface area contributed by atoms with Crippen molar-refractivity contribution in [2.24, 2.45) is 0 Å². The van der Waals surface area contributed by atoms with Crippen LogP contribution in [0, 0.1) is 0 Å². The predicted octanol–water partition coefficient (Wildman–Crippen LogP) is 1.38.